The van der Waals surface area contributed by atoms with Gasteiger partial charge < -0.3 is 9.47 Å². The molecule has 0 aromatic rings. The van der Waals surface area contributed by atoms with Gasteiger partial charge in [-0.1, -0.05) is 0 Å². The summed E-state index contributed by atoms with van der Waals surface area (Å²) >= 11 is 0. The van der Waals surface area contributed by atoms with Gasteiger partial charge in [-0.05, 0) is 0 Å². The zero-order valence-electron chi connectivity index (χ0n) is 6.02. The maximum Gasteiger partial charge on any atom is 0.511 e. The summed E-state index contributed by atoms with van der Waals surface area (Å²) in [5.41, 5.74) is 0. The highest BCUT2D eigenvalue weighted by molar-refractivity contribution is 5.59. The van der Waals surface area contributed by atoms with Gasteiger partial charge in [-0.3, -0.25) is 0 Å². The molecule has 0 N–H and O–H groups in total. The fourth-order valence-corrected chi connectivity index (χ4v) is 0.307. The van der Waals surface area contributed by atoms with E-state index in [1.54, 1.807) is 0 Å². The lowest BCUT2D eigenvalue weighted by Gasteiger charge is -2.08. The molecule has 72 valence electrons. The van der Waals surface area contributed by atoms with Gasteiger partial charge in [0.15, 0.2) is 6.61 Å². The molecule has 0 saturated carbocycles. The number of carbonyl (C=O) groups excluding carboxylic acids is 1. The van der Waals surface area contributed by atoms with Crippen molar-refractivity contribution in [3.05, 3.63) is 0 Å². The highest BCUT2D eigenvalue weighted by atomic mass is 19.4. The monoisotopic (exact) mass is 190 g/mol. The number of rotatable bonds is 2. The molecular formula is C5H6F4O3. The normalized spacial score (nSPS) is 13.8. The lowest BCUT2D eigenvalue weighted by molar-refractivity contribution is -0.168. The molecule has 0 rings (SSSR count). The van der Waals surface area contributed by atoms with Crippen molar-refractivity contribution in [3.8, 4) is 0 Å². The first-order valence-corrected chi connectivity index (χ1v) is 2.85. The predicted octanol–water partition coefficient (Wildman–Crippen LogP) is 2.02. The molecule has 0 bridgehead atoms. The molecule has 0 radical (unpaired) electrons. The first-order chi connectivity index (χ1) is 5.31. The molecular weight excluding hydrogens is 184 g/mol. The van der Waals surface area contributed by atoms with Crippen molar-refractivity contribution in [3.63, 3.8) is 0 Å². The van der Waals surface area contributed by atoms with Crippen LogP contribution in [0, 0.1) is 0 Å². The van der Waals surface area contributed by atoms with Crippen molar-refractivity contribution in [2.75, 3.05) is 6.61 Å². The Morgan fingerprint density at radius 1 is 1.50 bits per heavy atom. The Hall–Kier alpha value is -1.01. The van der Waals surface area contributed by atoms with Crippen molar-refractivity contribution < 1.29 is 31.8 Å². The fourth-order valence-electron chi connectivity index (χ4n) is 0.307. The minimum atomic E-state index is -4.63. The Labute approximate surface area is 65.2 Å². The summed E-state index contributed by atoms with van der Waals surface area (Å²) in [5.74, 6) is 0. The maximum absolute atomic E-state index is 11.8. The second-order valence-electron chi connectivity index (χ2n) is 1.81. The van der Waals surface area contributed by atoms with Crippen LogP contribution in [0.3, 0.4) is 0 Å². The molecule has 3 nitrogen and oxygen atoms in total. The highest BCUT2D eigenvalue weighted by Crippen LogP contribution is 2.14. The minimum absolute atomic E-state index is 0.842. The molecule has 0 amide bonds. The summed E-state index contributed by atoms with van der Waals surface area (Å²) in [6.45, 7) is -0.937. The first kappa shape index (κ1) is 11.0. The van der Waals surface area contributed by atoms with Crippen LogP contribution in [-0.4, -0.2) is 25.3 Å². The molecule has 1 atom stereocenters. The third-order valence-electron chi connectivity index (χ3n) is 0.612. The van der Waals surface area contributed by atoms with Crippen molar-refractivity contribution in [2.45, 2.75) is 19.5 Å². The third kappa shape index (κ3) is 7.10. The van der Waals surface area contributed by atoms with E-state index in [0.717, 1.165) is 6.92 Å². The van der Waals surface area contributed by atoms with Crippen LogP contribution in [0.4, 0.5) is 22.4 Å². The molecule has 7 heteroatoms. The van der Waals surface area contributed by atoms with Gasteiger partial charge in [0.1, 0.15) is 0 Å². The summed E-state index contributed by atoms with van der Waals surface area (Å²) in [5, 5.41) is 0. The van der Waals surface area contributed by atoms with E-state index in [-0.39, 0.29) is 0 Å². The molecule has 0 heterocycles. The largest absolute Gasteiger partial charge is 0.511 e. The fraction of sp³-hybridized carbons (Fsp3) is 0.800. The number of carbonyl (C=O) groups is 1. The van der Waals surface area contributed by atoms with Crippen LogP contribution in [0.1, 0.15) is 6.92 Å². The molecule has 0 spiro atoms. The van der Waals surface area contributed by atoms with Crippen molar-refractivity contribution >= 4 is 6.16 Å². The van der Waals surface area contributed by atoms with E-state index >= 15 is 0 Å². The quantitative estimate of drug-likeness (QED) is 0.493. The van der Waals surface area contributed by atoms with Gasteiger partial charge in [-0.15, -0.1) is 0 Å². The Morgan fingerprint density at radius 2 is 2.00 bits per heavy atom. The van der Waals surface area contributed by atoms with Gasteiger partial charge in [0.05, 0.1) is 0 Å². The van der Waals surface area contributed by atoms with Crippen LogP contribution in [-0.2, 0) is 9.47 Å². The second-order valence-corrected chi connectivity index (χ2v) is 1.81. The SMILES string of the molecule is CC(F)OC(=O)OCC(F)(F)F. The average Bonchev–Trinajstić information content (AvgIpc) is 1.80. The topological polar surface area (TPSA) is 35.5 Å². The van der Waals surface area contributed by atoms with E-state index in [0.29, 0.717) is 0 Å². The standard InChI is InChI=1S/C5H6F4O3/c1-3(6)12-4(10)11-2-5(7,8)9/h3H,2H2,1H3. The van der Waals surface area contributed by atoms with E-state index in [1.807, 2.05) is 0 Å². The number of hydrogen-bond acceptors (Lipinski definition) is 3. The van der Waals surface area contributed by atoms with Crippen molar-refractivity contribution in [1.82, 2.24) is 0 Å². The number of alkyl halides is 4. The van der Waals surface area contributed by atoms with Gasteiger partial charge in [0.2, 0.25) is 6.36 Å². The van der Waals surface area contributed by atoms with Crippen LogP contribution in [0.2, 0.25) is 0 Å². The van der Waals surface area contributed by atoms with Crippen LogP contribution in [0.25, 0.3) is 0 Å². The molecule has 0 saturated heterocycles. The molecule has 1 unspecified atom stereocenters. The van der Waals surface area contributed by atoms with Crippen LogP contribution in [0.15, 0.2) is 0 Å². The van der Waals surface area contributed by atoms with E-state index < -0.39 is 25.3 Å². The molecule has 0 aromatic heterocycles. The second kappa shape index (κ2) is 4.13. The predicted molar refractivity (Wildman–Crippen MR) is 29.1 cm³/mol. The van der Waals surface area contributed by atoms with Gasteiger partial charge in [0, 0.05) is 6.92 Å². The van der Waals surface area contributed by atoms with E-state index in [1.165, 1.54) is 0 Å². The van der Waals surface area contributed by atoms with Crippen LogP contribution >= 0.6 is 0 Å². The zero-order chi connectivity index (χ0) is 9.78. The summed E-state index contributed by atoms with van der Waals surface area (Å²) in [7, 11) is 0. The van der Waals surface area contributed by atoms with Crippen LogP contribution < -0.4 is 0 Å². The number of hydrogen-bond donors (Lipinski definition) is 0. The molecule has 0 aliphatic rings. The van der Waals surface area contributed by atoms with Gasteiger partial charge >= 0.3 is 12.3 Å². The molecule has 0 aliphatic heterocycles. The van der Waals surface area contributed by atoms with Gasteiger partial charge in [-0.25, -0.2) is 9.18 Å². The minimum Gasteiger partial charge on any atom is -0.425 e. The average molecular weight is 190 g/mol. The Balaban J connectivity index is 3.58. The maximum atomic E-state index is 11.8. The highest BCUT2D eigenvalue weighted by Gasteiger charge is 2.30. The third-order valence-corrected chi connectivity index (χ3v) is 0.612. The van der Waals surface area contributed by atoms with Gasteiger partial charge in [-0.2, -0.15) is 13.2 Å². The van der Waals surface area contributed by atoms with E-state index in [2.05, 4.69) is 9.47 Å². The molecule has 0 fully saturated rings. The number of halogens is 4. The molecule has 0 aromatic carbocycles. The number of ether oxygens (including phenoxy) is 2. The molecule has 12 heavy (non-hydrogen) atoms. The Kier molecular flexibility index (Phi) is 3.78. The first-order valence-electron chi connectivity index (χ1n) is 2.85. The van der Waals surface area contributed by atoms with E-state index in [9.17, 15) is 22.4 Å². The van der Waals surface area contributed by atoms with Crippen molar-refractivity contribution in [1.29, 1.82) is 0 Å². The summed E-state index contributed by atoms with van der Waals surface area (Å²) in [6.07, 6.45) is -8.29. The van der Waals surface area contributed by atoms with Crippen molar-refractivity contribution in [2.24, 2.45) is 0 Å². The molecule has 0 aliphatic carbocycles. The smallest absolute Gasteiger partial charge is 0.425 e. The Bertz CT molecular complexity index is 153. The van der Waals surface area contributed by atoms with E-state index in [4.69, 9.17) is 0 Å². The lowest BCUT2D eigenvalue weighted by Crippen LogP contribution is -2.22. The van der Waals surface area contributed by atoms with Crippen LogP contribution in [0.5, 0.6) is 0 Å². The lowest BCUT2D eigenvalue weighted by atomic mass is 10.7. The summed E-state index contributed by atoms with van der Waals surface area (Å²) < 4.78 is 52.9. The van der Waals surface area contributed by atoms with Gasteiger partial charge in [0.25, 0.3) is 0 Å². The summed E-state index contributed by atoms with van der Waals surface area (Å²) in [4.78, 5) is 10.1. The summed E-state index contributed by atoms with van der Waals surface area (Å²) in [6, 6.07) is 0. The Morgan fingerprint density at radius 3 is 2.33 bits per heavy atom. The zero-order valence-corrected chi connectivity index (χ0v) is 6.02.